The van der Waals surface area contributed by atoms with E-state index >= 15 is 0 Å². The summed E-state index contributed by atoms with van der Waals surface area (Å²) in [6.07, 6.45) is 3.62. The second-order valence-electron chi connectivity index (χ2n) is 1.21. The number of carbonyl (C=O) groups excluding carboxylic acids is 1. The molecule has 0 aromatic carbocycles. The van der Waals surface area contributed by atoms with Gasteiger partial charge in [0.25, 0.3) is 0 Å². The molecular formula is C6H9O2. The van der Waals surface area contributed by atoms with Crippen LogP contribution >= 0.6 is 0 Å². The zero-order valence-electron chi connectivity index (χ0n) is 4.89. The minimum Gasteiger partial charge on any atom is -0.466 e. The molecule has 45 valence electrons. The molecule has 0 aliphatic carbocycles. The maximum absolute atomic E-state index is 10.2. The lowest BCUT2D eigenvalue weighted by molar-refractivity contribution is -0.134. The van der Waals surface area contributed by atoms with Crippen molar-refractivity contribution >= 4 is 5.97 Å². The van der Waals surface area contributed by atoms with Crippen molar-refractivity contribution in [2.24, 2.45) is 0 Å². The average Bonchev–Trinajstić information content (AvgIpc) is 1.83. The molecule has 0 spiro atoms. The van der Waals surface area contributed by atoms with Crippen LogP contribution in [0.15, 0.2) is 12.2 Å². The number of allylic oxidation sites excluding steroid dienone is 1. The summed E-state index contributed by atoms with van der Waals surface area (Å²) in [5.41, 5.74) is 0. The Bertz CT molecular complexity index is 94.7. The molecule has 0 saturated carbocycles. The molecule has 2 nitrogen and oxygen atoms in total. The molecule has 0 amide bonds. The third-order valence-corrected chi connectivity index (χ3v) is 0.622. The molecule has 0 atom stereocenters. The Kier molecular flexibility index (Phi) is 3.94. The predicted octanol–water partition coefficient (Wildman–Crippen LogP) is 0.940. The third kappa shape index (κ3) is 3.40. The molecule has 0 N–H and O–H groups in total. The quantitative estimate of drug-likeness (QED) is 0.393. The Hall–Kier alpha value is -0.790. The number of esters is 1. The number of methoxy groups -OCH3 is 1. The molecule has 8 heavy (non-hydrogen) atoms. The fourth-order valence-corrected chi connectivity index (χ4v) is 0.248. The molecule has 0 aliphatic heterocycles. The largest absolute Gasteiger partial charge is 0.466 e. The first-order valence-electron chi connectivity index (χ1n) is 2.35. The van der Waals surface area contributed by atoms with E-state index in [4.69, 9.17) is 0 Å². The van der Waals surface area contributed by atoms with Gasteiger partial charge in [-0.3, -0.25) is 0 Å². The number of ether oxygens (including phenoxy) is 1. The van der Waals surface area contributed by atoms with E-state index in [1.165, 1.54) is 13.2 Å². The minimum absolute atomic E-state index is 0.325. The highest BCUT2D eigenvalue weighted by Gasteiger charge is 1.85. The van der Waals surface area contributed by atoms with E-state index in [1.807, 2.05) is 0 Å². The van der Waals surface area contributed by atoms with Crippen LogP contribution in [0.1, 0.15) is 6.42 Å². The molecule has 0 aliphatic rings. The summed E-state index contributed by atoms with van der Waals surface area (Å²) in [4.78, 5) is 10.2. The lowest BCUT2D eigenvalue weighted by Crippen LogP contribution is -1.92. The Morgan fingerprint density at radius 3 is 2.88 bits per heavy atom. The van der Waals surface area contributed by atoms with Crippen molar-refractivity contribution in [3.8, 4) is 0 Å². The van der Waals surface area contributed by atoms with Crippen LogP contribution in [0.25, 0.3) is 0 Å². The van der Waals surface area contributed by atoms with Crippen molar-refractivity contribution in [1.29, 1.82) is 0 Å². The van der Waals surface area contributed by atoms with Crippen LogP contribution in [-0.4, -0.2) is 13.1 Å². The van der Waals surface area contributed by atoms with Crippen LogP contribution < -0.4 is 0 Å². The summed E-state index contributed by atoms with van der Waals surface area (Å²) in [7, 11) is 1.34. The SMILES string of the molecule is [CH2]C/C=C/C(=O)OC. The smallest absolute Gasteiger partial charge is 0.330 e. The zero-order chi connectivity index (χ0) is 6.41. The standard InChI is InChI=1S/C6H9O2/c1-3-4-5-6(7)8-2/h4-5H,1,3H2,2H3/b5-4+. The zero-order valence-corrected chi connectivity index (χ0v) is 4.89. The van der Waals surface area contributed by atoms with E-state index < -0.39 is 0 Å². The van der Waals surface area contributed by atoms with Crippen LogP contribution in [-0.2, 0) is 9.53 Å². The minimum atomic E-state index is -0.325. The third-order valence-electron chi connectivity index (χ3n) is 0.622. The van der Waals surface area contributed by atoms with E-state index in [0.717, 1.165) is 0 Å². The number of carbonyl (C=O) groups is 1. The highest BCUT2D eigenvalue weighted by Crippen LogP contribution is 1.80. The molecule has 1 radical (unpaired) electrons. The molecule has 0 fully saturated rings. The molecule has 0 heterocycles. The van der Waals surface area contributed by atoms with Crippen molar-refractivity contribution in [3.63, 3.8) is 0 Å². The predicted molar refractivity (Wildman–Crippen MR) is 31.1 cm³/mol. The molecule has 0 saturated heterocycles. The van der Waals surface area contributed by atoms with E-state index in [0.29, 0.717) is 6.42 Å². The Labute approximate surface area is 49.1 Å². The summed E-state index contributed by atoms with van der Waals surface area (Å²) in [5.74, 6) is -0.325. The lowest BCUT2D eigenvalue weighted by Gasteiger charge is -1.85. The van der Waals surface area contributed by atoms with Gasteiger partial charge in [0.05, 0.1) is 7.11 Å². The van der Waals surface area contributed by atoms with E-state index in [-0.39, 0.29) is 5.97 Å². The number of rotatable bonds is 2. The van der Waals surface area contributed by atoms with Gasteiger partial charge in [-0.05, 0) is 13.3 Å². The van der Waals surface area contributed by atoms with Gasteiger partial charge in [-0.15, -0.1) is 0 Å². The highest BCUT2D eigenvalue weighted by atomic mass is 16.5. The fraction of sp³-hybridized carbons (Fsp3) is 0.333. The highest BCUT2D eigenvalue weighted by molar-refractivity contribution is 5.81. The monoisotopic (exact) mass is 113 g/mol. The van der Waals surface area contributed by atoms with Gasteiger partial charge in [0.1, 0.15) is 0 Å². The summed E-state index contributed by atoms with van der Waals surface area (Å²) in [6, 6.07) is 0. The van der Waals surface area contributed by atoms with Crippen LogP contribution in [0.3, 0.4) is 0 Å². The van der Waals surface area contributed by atoms with Crippen LogP contribution in [0.2, 0.25) is 0 Å². The summed E-state index contributed by atoms with van der Waals surface area (Å²) < 4.78 is 4.30. The fourth-order valence-electron chi connectivity index (χ4n) is 0.248. The molecule has 0 rings (SSSR count). The maximum Gasteiger partial charge on any atom is 0.330 e. The number of hydrogen-bond donors (Lipinski definition) is 0. The van der Waals surface area contributed by atoms with Gasteiger partial charge in [0.2, 0.25) is 0 Å². The van der Waals surface area contributed by atoms with Gasteiger partial charge in [-0.25, -0.2) is 4.79 Å². The average molecular weight is 113 g/mol. The summed E-state index contributed by atoms with van der Waals surface area (Å²) in [6.45, 7) is 3.50. The molecule has 0 bridgehead atoms. The van der Waals surface area contributed by atoms with Gasteiger partial charge in [0, 0.05) is 6.08 Å². The second kappa shape index (κ2) is 4.37. The Morgan fingerprint density at radius 2 is 2.50 bits per heavy atom. The van der Waals surface area contributed by atoms with Crippen molar-refractivity contribution in [1.82, 2.24) is 0 Å². The van der Waals surface area contributed by atoms with E-state index in [9.17, 15) is 4.79 Å². The Morgan fingerprint density at radius 1 is 1.88 bits per heavy atom. The normalized spacial score (nSPS) is 9.75. The molecule has 0 aromatic heterocycles. The first-order valence-corrected chi connectivity index (χ1v) is 2.35. The van der Waals surface area contributed by atoms with Crippen LogP contribution in [0.4, 0.5) is 0 Å². The van der Waals surface area contributed by atoms with E-state index in [1.54, 1.807) is 6.08 Å². The van der Waals surface area contributed by atoms with Gasteiger partial charge in [0.15, 0.2) is 0 Å². The molecule has 0 unspecified atom stereocenters. The van der Waals surface area contributed by atoms with Crippen molar-refractivity contribution in [2.45, 2.75) is 6.42 Å². The van der Waals surface area contributed by atoms with Crippen molar-refractivity contribution < 1.29 is 9.53 Å². The van der Waals surface area contributed by atoms with Gasteiger partial charge < -0.3 is 4.74 Å². The van der Waals surface area contributed by atoms with Crippen molar-refractivity contribution in [3.05, 3.63) is 19.1 Å². The summed E-state index contributed by atoms with van der Waals surface area (Å²) >= 11 is 0. The molecule has 2 heteroatoms. The summed E-state index contributed by atoms with van der Waals surface area (Å²) in [5, 5.41) is 0. The second-order valence-corrected chi connectivity index (χ2v) is 1.21. The maximum atomic E-state index is 10.2. The molecular weight excluding hydrogens is 104 g/mol. The van der Waals surface area contributed by atoms with E-state index in [2.05, 4.69) is 11.7 Å². The van der Waals surface area contributed by atoms with Crippen LogP contribution in [0.5, 0.6) is 0 Å². The van der Waals surface area contributed by atoms with Crippen LogP contribution in [0, 0.1) is 6.92 Å². The first-order chi connectivity index (χ1) is 3.81. The van der Waals surface area contributed by atoms with Gasteiger partial charge in [-0.1, -0.05) is 6.08 Å². The van der Waals surface area contributed by atoms with Gasteiger partial charge in [-0.2, -0.15) is 0 Å². The molecule has 0 aromatic rings. The first kappa shape index (κ1) is 7.21. The lowest BCUT2D eigenvalue weighted by atomic mass is 10.4. The van der Waals surface area contributed by atoms with Gasteiger partial charge >= 0.3 is 5.97 Å². The van der Waals surface area contributed by atoms with Crippen molar-refractivity contribution in [2.75, 3.05) is 7.11 Å². The Balaban J connectivity index is 3.37. The number of hydrogen-bond acceptors (Lipinski definition) is 2. The topological polar surface area (TPSA) is 26.3 Å².